The van der Waals surface area contributed by atoms with Gasteiger partial charge in [-0.3, -0.25) is 4.79 Å². The van der Waals surface area contributed by atoms with Gasteiger partial charge >= 0.3 is 0 Å². The molecule has 1 heterocycles. The first-order valence-electron chi connectivity index (χ1n) is 8.35. The fourth-order valence-corrected chi connectivity index (χ4v) is 3.92. The molecule has 0 spiro atoms. The Morgan fingerprint density at radius 2 is 1.96 bits per heavy atom. The Labute approximate surface area is 153 Å². The molecule has 0 bridgehead atoms. The fraction of sp³-hybridized carbons (Fsp3) is 0.316. The molecule has 1 aliphatic rings. The van der Waals surface area contributed by atoms with Gasteiger partial charge in [-0.15, -0.1) is 0 Å². The van der Waals surface area contributed by atoms with Crippen LogP contribution in [0.1, 0.15) is 16.7 Å². The van der Waals surface area contributed by atoms with Crippen LogP contribution in [0.25, 0.3) is 0 Å². The van der Waals surface area contributed by atoms with E-state index in [0.717, 1.165) is 16.7 Å². The average molecular weight is 374 g/mol. The molecule has 1 N–H and O–H groups in total. The molecule has 0 aliphatic carbocycles. The number of benzene rings is 2. The van der Waals surface area contributed by atoms with Crippen LogP contribution in [0.5, 0.6) is 5.75 Å². The first-order valence-corrected chi connectivity index (χ1v) is 10.2. The highest BCUT2D eigenvalue weighted by molar-refractivity contribution is 7.88. The lowest BCUT2D eigenvalue weighted by molar-refractivity contribution is -0.115. The molecule has 0 unspecified atom stereocenters. The first kappa shape index (κ1) is 18.4. The Balaban J connectivity index is 1.72. The standard InChI is InChI=1S/C19H22N2O4S/c1-25-18-6-4-3-5-15(18)12-19(22)20-17-8-7-14-9-10-21(26(2,23)24)13-16(14)11-17/h3-8,11H,9-10,12-13H2,1-2H3,(H,20,22). The molecule has 0 saturated heterocycles. The van der Waals surface area contributed by atoms with Gasteiger partial charge in [0.2, 0.25) is 15.9 Å². The molecule has 0 atom stereocenters. The Kier molecular flexibility index (Phi) is 5.29. The van der Waals surface area contributed by atoms with Crippen LogP contribution < -0.4 is 10.1 Å². The lowest BCUT2D eigenvalue weighted by Gasteiger charge is -2.27. The highest BCUT2D eigenvalue weighted by Crippen LogP contribution is 2.24. The summed E-state index contributed by atoms with van der Waals surface area (Å²) in [7, 11) is -1.64. The van der Waals surface area contributed by atoms with Crippen LogP contribution in [0.2, 0.25) is 0 Å². The SMILES string of the molecule is COc1ccccc1CC(=O)Nc1ccc2c(c1)CN(S(C)(=O)=O)CC2. The van der Waals surface area contributed by atoms with Crippen molar-refractivity contribution in [1.82, 2.24) is 4.31 Å². The summed E-state index contributed by atoms with van der Waals surface area (Å²) in [5, 5.41) is 2.88. The number of anilines is 1. The van der Waals surface area contributed by atoms with E-state index in [9.17, 15) is 13.2 Å². The second kappa shape index (κ2) is 7.47. The van der Waals surface area contributed by atoms with Crippen LogP contribution >= 0.6 is 0 Å². The van der Waals surface area contributed by atoms with Crippen LogP contribution in [0.15, 0.2) is 42.5 Å². The summed E-state index contributed by atoms with van der Waals surface area (Å²) in [6.07, 6.45) is 2.10. The van der Waals surface area contributed by atoms with Gasteiger partial charge in [-0.05, 0) is 35.7 Å². The number of methoxy groups -OCH3 is 1. The van der Waals surface area contributed by atoms with Crippen molar-refractivity contribution < 1.29 is 17.9 Å². The van der Waals surface area contributed by atoms with E-state index in [1.807, 2.05) is 42.5 Å². The number of hydrogen-bond acceptors (Lipinski definition) is 4. The maximum atomic E-state index is 12.4. The molecular weight excluding hydrogens is 352 g/mol. The summed E-state index contributed by atoms with van der Waals surface area (Å²) >= 11 is 0. The monoisotopic (exact) mass is 374 g/mol. The summed E-state index contributed by atoms with van der Waals surface area (Å²) in [5.41, 5.74) is 3.53. The van der Waals surface area contributed by atoms with Gasteiger partial charge in [-0.1, -0.05) is 24.3 Å². The Bertz CT molecular complexity index is 925. The maximum Gasteiger partial charge on any atom is 0.228 e. The van der Waals surface area contributed by atoms with Crippen LogP contribution in [-0.2, 0) is 34.2 Å². The lowest BCUT2D eigenvalue weighted by Crippen LogP contribution is -2.35. The van der Waals surface area contributed by atoms with Crippen molar-refractivity contribution in [3.8, 4) is 5.75 Å². The van der Waals surface area contributed by atoms with E-state index in [-0.39, 0.29) is 12.3 Å². The summed E-state index contributed by atoms with van der Waals surface area (Å²) < 4.78 is 30.3. The normalized spacial score (nSPS) is 14.5. The number of nitrogens with one attached hydrogen (secondary N) is 1. The largest absolute Gasteiger partial charge is 0.496 e. The molecule has 26 heavy (non-hydrogen) atoms. The average Bonchev–Trinajstić information content (AvgIpc) is 2.60. The molecule has 7 heteroatoms. The van der Waals surface area contributed by atoms with E-state index >= 15 is 0 Å². The van der Waals surface area contributed by atoms with Crippen molar-refractivity contribution >= 4 is 21.6 Å². The number of amides is 1. The van der Waals surface area contributed by atoms with Crippen molar-refractivity contribution in [3.05, 3.63) is 59.2 Å². The van der Waals surface area contributed by atoms with E-state index in [2.05, 4.69) is 5.32 Å². The van der Waals surface area contributed by atoms with Crippen molar-refractivity contribution in [2.24, 2.45) is 0 Å². The second-order valence-electron chi connectivity index (χ2n) is 6.37. The van der Waals surface area contributed by atoms with Crippen molar-refractivity contribution in [3.63, 3.8) is 0 Å². The van der Waals surface area contributed by atoms with E-state index in [1.54, 1.807) is 7.11 Å². The summed E-state index contributed by atoms with van der Waals surface area (Å²) in [4.78, 5) is 12.4. The quantitative estimate of drug-likeness (QED) is 0.871. The van der Waals surface area contributed by atoms with Gasteiger partial charge in [0.1, 0.15) is 5.75 Å². The predicted molar refractivity (Wildman–Crippen MR) is 101 cm³/mol. The molecule has 0 aromatic heterocycles. The number of hydrogen-bond donors (Lipinski definition) is 1. The van der Waals surface area contributed by atoms with Gasteiger partial charge in [0.25, 0.3) is 0 Å². The number of rotatable bonds is 5. The number of carbonyl (C=O) groups is 1. The van der Waals surface area contributed by atoms with Crippen LogP contribution in [0, 0.1) is 0 Å². The molecule has 1 amide bonds. The van der Waals surface area contributed by atoms with Gasteiger partial charge < -0.3 is 10.1 Å². The van der Waals surface area contributed by atoms with Crippen molar-refractivity contribution in [2.45, 2.75) is 19.4 Å². The second-order valence-corrected chi connectivity index (χ2v) is 8.35. The summed E-state index contributed by atoms with van der Waals surface area (Å²) in [6.45, 7) is 0.829. The fourth-order valence-electron chi connectivity index (χ4n) is 3.12. The molecule has 3 rings (SSSR count). The molecule has 6 nitrogen and oxygen atoms in total. The Morgan fingerprint density at radius 1 is 1.19 bits per heavy atom. The lowest BCUT2D eigenvalue weighted by atomic mass is 10.0. The van der Waals surface area contributed by atoms with Gasteiger partial charge in [0.15, 0.2) is 0 Å². The molecule has 0 saturated carbocycles. The van der Waals surface area contributed by atoms with Crippen molar-refractivity contribution in [2.75, 3.05) is 25.2 Å². The first-order chi connectivity index (χ1) is 12.4. The number of nitrogens with zero attached hydrogens (tertiary/aromatic N) is 1. The molecule has 0 fully saturated rings. The number of fused-ring (bicyclic) bond motifs is 1. The van der Waals surface area contributed by atoms with E-state index in [0.29, 0.717) is 30.9 Å². The highest BCUT2D eigenvalue weighted by Gasteiger charge is 2.23. The highest BCUT2D eigenvalue weighted by atomic mass is 32.2. The topological polar surface area (TPSA) is 75.7 Å². The molecular formula is C19H22N2O4S. The Morgan fingerprint density at radius 3 is 2.69 bits per heavy atom. The zero-order chi connectivity index (χ0) is 18.7. The minimum Gasteiger partial charge on any atom is -0.496 e. The third-order valence-electron chi connectivity index (χ3n) is 4.48. The van der Waals surface area contributed by atoms with Gasteiger partial charge in [-0.25, -0.2) is 8.42 Å². The van der Waals surface area contributed by atoms with Crippen LogP contribution in [-0.4, -0.2) is 38.5 Å². The number of carbonyl (C=O) groups excluding carboxylic acids is 1. The number of para-hydroxylation sites is 1. The zero-order valence-corrected chi connectivity index (χ0v) is 15.7. The third-order valence-corrected chi connectivity index (χ3v) is 5.73. The smallest absolute Gasteiger partial charge is 0.228 e. The predicted octanol–water partition coefficient (Wildman–Crippen LogP) is 2.19. The van der Waals surface area contributed by atoms with E-state index in [4.69, 9.17) is 4.74 Å². The summed E-state index contributed by atoms with van der Waals surface area (Å²) in [6, 6.07) is 13.1. The van der Waals surface area contributed by atoms with Gasteiger partial charge in [0, 0.05) is 24.3 Å². The third kappa shape index (κ3) is 4.23. The number of sulfonamides is 1. The molecule has 2 aromatic carbocycles. The minimum atomic E-state index is -3.22. The van der Waals surface area contributed by atoms with Crippen LogP contribution in [0.4, 0.5) is 5.69 Å². The van der Waals surface area contributed by atoms with Gasteiger partial charge in [-0.2, -0.15) is 4.31 Å². The number of ether oxygens (including phenoxy) is 1. The molecule has 1 aliphatic heterocycles. The van der Waals surface area contributed by atoms with E-state index in [1.165, 1.54) is 10.6 Å². The van der Waals surface area contributed by atoms with Gasteiger partial charge in [0.05, 0.1) is 19.8 Å². The minimum absolute atomic E-state index is 0.148. The summed E-state index contributed by atoms with van der Waals surface area (Å²) in [5.74, 6) is 0.530. The Hall–Kier alpha value is -2.38. The molecule has 2 aromatic rings. The molecule has 0 radical (unpaired) electrons. The zero-order valence-electron chi connectivity index (χ0n) is 14.9. The molecule has 138 valence electrons. The van der Waals surface area contributed by atoms with Crippen LogP contribution in [0.3, 0.4) is 0 Å². The maximum absolute atomic E-state index is 12.4. The van der Waals surface area contributed by atoms with E-state index < -0.39 is 10.0 Å². The van der Waals surface area contributed by atoms with Crippen molar-refractivity contribution in [1.29, 1.82) is 0 Å².